The number of carbonyl (C=O) groups excluding carboxylic acids is 2. The number of carbonyl (C=O) groups is 2. The van der Waals surface area contributed by atoms with Crippen molar-refractivity contribution in [3.8, 4) is 5.75 Å². The SMILES string of the molecule is Cc1ccc(OCC(=O)N2CCCN(C(=O)c3ccc(=O)[nH]n3)CC2)c(C(C)(C)C)c1. The average molecular weight is 427 g/mol. The maximum Gasteiger partial charge on any atom is 0.274 e. The van der Waals surface area contributed by atoms with Crippen LogP contribution in [-0.4, -0.2) is 64.6 Å². The number of H-pyrrole nitrogens is 1. The van der Waals surface area contributed by atoms with E-state index in [4.69, 9.17) is 4.74 Å². The van der Waals surface area contributed by atoms with Crippen LogP contribution in [0.1, 0.15) is 48.8 Å². The number of amides is 2. The summed E-state index contributed by atoms with van der Waals surface area (Å²) in [4.78, 5) is 39.9. The summed E-state index contributed by atoms with van der Waals surface area (Å²) in [5, 5.41) is 6.09. The highest BCUT2D eigenvalue weighted by atomic mass is 16.5. The molecule has 1 saturated heterocycles. The molecule has 0 atom stereocenters. The van der Waals surface area contributed by atoms with Crippen molar-refractivity contribution in [1.82, 2.24) is 20.0 Å². The smallest absolute Gasteiger partial charge is 0.274 e. The molecule has 1 aromatic heterocycles. The first-order valence-electron chi connectivity index (χ1n) is 10.5. The maximum atomic E-state index is 12.8. The number of ether oxygens (including phenoxy) is 1. The third kappa shape index (κ3) is 5.71. The summed E-state index contributed by atoms with van der Waals surface area (Å²) in [7, 11) is 0. The lowest BCUT2D eigenvalue weighted by molar-refractivity contribution is -0.133. The van der Waals surface area contributed by atoms with E-state index in [0.29, 0.717) is 32.6 Å². The first kappa shape index (κ1) is 22.5. The zero-order valence-electron chi connectivity index (χ0n) is 18.6. The molecule has 8 heteroatoms. The van der Waals surface area contributed by atoms with Crippen molar-refractivity contribution in [3.63, 3.8) is 0 Å². The van der Waals surface area contributed by atoms with E-state index in [1.54, 1.807) is 9.80 Å². The minimum atomic E-state index is -0.354. The summed E-state index contributed by atoms with van der Waals surface area (Å²) in [6, 6.07) is 8.69. The summed E-state index contributed by atoms with van der Waals surface area (Å²) < 4.78 is 5.91. The van der Waals surface area contributed by atoms with Crippen molar-refractivity contribution in [2.24, 2.45) is 0 Å². The van der Waals surface area contributed by atoms with Gasteiger partial charge in [-0.3, -0.25) is 14.4 Å². The predicted molar refractivity (Wildman–Crippen MR) is 117 cm³/mol. The number of aromatic amines is 1. The van der Waals surface area contributed by atoms with E-state index in [2.05, 4.69) is 37.0 Å². The van der Waals surface area contributed by atoms with Crippen molar-refractivity contribution in [3.05, 3.63) is 57.5 Å². The van der Waals surface area contributed by atoms with Crippen LogP contribution in [0.3, 0.4) is 0 Å². The van der Waals surface area contributed by atoms with E-state index in [-0.39, 0.29) is 35.1 Å². The fourth-order valence-electron chi connectivity index (χ4n) is 3.58. The molecule has 166 valence electrons. The highest BCUT2D eigenvalue weighted by Crippen LogP contribution is 2.32. The van der Waals surface area contributed by atoms with Gasteiger partial charge in [0.15, 0.2) is 6.61 Å². The molecule has 2 heterocycles. The van der Waals surface area contributed by atoms with Gasteiger partial charge in [-0.2, -0.15) is 5.10 Å². The molecule has 3 rings (SSSR count). The number of nitrogens with zero attached hydrogens (tertiary/aromatic N) is 3. The van der Waals surface area contributed by atoms with Gasteiger partial charge in [0.2, 0.25) is 0 Å². The zero-order valence-corrected chi connectivity index (χ0v) is 18.6. The minimum absolute atomic E-state index is 0.0401. The van der Waals surface area contributed by atoms with Crippen molar-refractivity contribution in [2.45, 2.75) is 39.5 Å². The second kappa shape index (κ2) is 9.32. The van der Waals surface area contributed by atoms with Gasteiger partial charge in [-0.05, 0) is 36.5 Å². The molecule has 1 aliphatic rings. The molecular formula is C23H30N4O4. The molecule has 1 aromatic carbocycles. The van der Waals surface area contributed by atoms with Gasteiger partial charge in [-0.1, -0.05) is 38.5 Å². The molecule has 1 N–H and O–H groups in total. The van der Waals surface area contributed by atoms with Crippen LogP contribution in [0.2, 0.25) is 0 Å². The first-order chi connectivity index (χ1) is 14.6. The predicted octanol–water partition coefficient (Wildman–Crippen LogP) is 2.13. The first-order valence-corrected chi connectivity index (χ1v) is 10.5. The Labute approximate surface area is 182 Å². The van der Waals surface area contributed by atoms with Crippen LogP contribution in [0.4, 0.5) is 0 Å². The molecule has 1 aliphatic heterocycles. The van der Waals surface area contributed by atoms with Crippen LogP contribution in [0, 0.1) is 6.92 Å². The third-order valence-corrected chi connectivity index (χ3v) is 5.33. The maximum absolute atomic E-state index is 12.8. The molecule has 0 spiro atoms. The monoisotopic (exact) mass is 426 g/mol. The van der Waals surface area contributed by atoms with E-state index in [0.717, 1.165) is 16.9 Å². The van der Waals surface area contributed by atoms with E-state index in [9.17, 15) is 14.4 Å². The van der Waals surface area contributed by atoms with Crippen LogP contribution >= 0.6 is 0 Å². The molecular weight excluding hydrogens is 396 g/mol. The number of hydrogen-bond acceptors (Lipinski definition) is 5. The van der Waals surface area contributed by atoms with Crippen molar-refractivity contribution < 1.29 is 14.3 Å². The van der Waals surface area contributed by atoms with Gasteiger partial charge in [-0.15, -0.1) is 0 Å². The summed E-state index contributed by atoms with van der Waals surface area (Å²) in [6.07, 6.45) is 0.665. The van der Waals surface area contributed by atoms with E-state index >= 15 is 0 Å². The second-order valence-electron chi connectivity index (χ2n) is 8.87. The number of benzene rings is 1. The standard InChI is InChI=1S/C23H30N4O4/c1-16-6-8-19(17(14-16)23(2,3)4)31-15-21(29)26-10-5-11-27(13-12-26)22(30)18-7-9-20(28)25-24-18/h6-9,14H,5,10-13,15H2,1-4H3,(H,25,28). The van der Waals surface area contributed by atoms with E-state index < -0.39 is 0 Å². The van der Waals surface area contributed by atoms with Crippen LogP contribution in [-0.2, 0) is 10.2 Å². The molecule has 0 saturated carbocycles. The Morgan fingerprint density at radius 3 is 2.45 bits per heavy atom. The average Bonchev–Trinajstić information content (AvgIpc) is 2.98. The van der Waals surface area contributed by atoms with Crippen LogP contribution in [0.25, 0.3) is 0 Å². The molecule has 8 nitrogen and oxygen atoms in total. The number of rotatable bonds is 4. The fraction of sp³-hybridized carbons (Fsp3) is 0.478. The van der Waals surface area contributed by atoms with Crippen molar-refractivity contribution >= 4 is 11.8 Å². The lowest BCUT2D eigenvalue weighted by Crippen LogP contribution is -2.39. The van der Waals surface area contributed by atoms with Gasteiger partial charge in [0, 0.05) is 32.2 Å². The molecule has 0 aliphatic carbocycles. The quantitative estimate of drug-likeness (QED) is 0.808. The molecule has 1 fully saturated rings. The van der Waals surface area contributed by atoms with Crippen molar-refractivity contribution in [1.29, 1.82) is 0 Å². The van der Waals surface area contributed by atoms with E-state index in [1.165, 1.54) is 12.1 Å². The topological polar surface area (TPSA) is 95.6 Å². The molecule has 2 aromatic rings. The Bertz CT molecular complexity index is 989. The number of aryl methyl sites for hydroxylation is 1. The van der Waals surface area contributed by atoms with Gasteiger partial charge in [0.1, 0.15) is 11.4 Å². The number of hydrogen-bond donors (Lipinski definition) is 1. The van der Waals surface area contributed by atoms with Crippen LogP contribution in [0.5, 0.6) is 5.75 Å². The van der Waals surface area contributed by atoms with Gasteiger partial charge < -0.3 is 14.5 Å². The largest absolute Gasteiger partial charge is 0.483 e. The molecule has 0 unspecified atom stereocenters. The molecule has 31 heavy (non-hydrogen) atoms. The van der Waals surface area contributed by atoms with Gasteiger partial charge in [-0.25, -0.2) is 5.10 Å². The molecule has 0 bridgehead atoms. The summed E-state index contributed by atoms with van der Waals surface area (Å²) in [5.41, 5.74) is 1.97. The fourth-order valence-corrected chi connectivity index (χ4v) is 3.58. The Kier molecular flexibility index (Phi) is 6.77. The highest BCUT2D eigenvalue weighted by molar-refractivity contribution is 5.92. The van der Waals surface area contributed by atoms with Gasteiger partial charge >= 0.3 is 0 Å². The lowest BCUT2D eigenvalue weighted by atomic mass is 9.85. The Morgan fingerprint density at radius 2 is 1.77 bits per heavy atom. The Hall–Kier alpha value is -3.16. The van der Waals surface area contributed by atoms with Crippen molar-refractivity contribution in [2.75, 3.05) is 32.8 Å². The number of nitrogens with one attached hydrogen (secondary N) is 1. The van der Waals surface area contributed by atoms with Crippen LogP contribution < -0.4 is 10.3 Å². The number of aromatic nitrogens is 2. The van der Waals surface area contributed by atoms with Gasteiger partial charge in [0.05, 0.1) is 0 Å². The Balaban J connectivity index is 1.60. The minimum Gasteiger partial charge on any atom is -0.483 e. The third-order valence-electron chi connectivity index (χ3n) is 5.33. The highest BCUT2D eigenvalue weighted by Gasteiger charge is 2.25. The summed E-state index contributed by atoms with van der Waals surface area (Å²) in [6.45, 7) is 10.3. The zero-order chi connectivity index (χ0) is 22.6. The molecule has 2 amide bonds. The van der Waals surface area contributed by atoms with E-state index in [1.807, 2.05) is 19.1 Å². The lowest BCUT2D eigenvalue weighted by Gasteiger charge is -2.25. The van der Waals surface area contributed by atoms with Gasteiger partial charge in [0.25, 0.3) is 17.4 Å². The summed E-state index contributed by atoms with van der Waals surface area (Å²) in [5.74, 6) is 0.371. The molecule has 0 radical (unpaired) electrons. The normalized spacial score (nSPS) is 14.8. The Morgan fingerprint density at radius 1 is 1.06 bits per heavy atom. The van der Waals surface area contributed by atoms with Crippen LogP contribution in [0.15, 0.2) is 35.1 Å². The summed E-state index contributed by atoms with van der Waals surface area (Å²) >= 11 is 0. The second-order valence-corrected chi connectivity index (χ2v) is 8.87.